The van der Waals surface area contributed by atoms with Gasteiger partial charge in [-0.1, -0.05) is 23.4 Å². The summed E-state index contributed by atoms with van der Waals surface area (Å²) in [5.74, 6) is 1.70. The molecular weight excluding hydrogens is 268 g/mol. The Labute approximate surface area is 125 Å². The van der Waals surface area contributed by atoms with Crippen LogP contribution in [0.3, 0.4) is 0 Å². The molecule has 2 aromatic rings. The maximum atomic E-state index is 5.93. The summed E-state index contributed by atoms with van der Waals surface area (Å²) in [6.45, 7) is 6.58. The molecule has 114 valence electrons. The summed E-state index contributed by atoms with van der Waals surface area (Å²) in [5.41, 5.74) is 3.04. The molecular formula is C16H22N2O3. The van der Waals surface area contributed by atoms with Crippen molar-refractivity contribution in [1.29, 1.82) is 0 Å². The Bertz CT molecular complexity index is 566. The van der Waals surface area contributed by atoms with Crippen LogP contribution in [-0.4, -0.2) is 25.4 Å². The van der Waals surface area contributed by atoms with Crippen LogP contribution in [0, 0.1) is 13.8 Å². The third kappa shape index (κ3) is 4.58. The van der Waals surface area contributed by atoms with Crippen molar-refractivity contribution in [3.8, 4) is 5.75 Å². The van der Waals surface area contributed by atoms with Crippen LogP contribution in [0.25, 0.3) is 0 Å². The number of aromatic nitrogens is 1. The van der Waals surface area contributed by atoms with Gasteiger partial charge in [0.1, 0.15) is 23.8 Å². The van der Waals surface area contributed by atoms with E-state index in [-0.39, 0.29) is 0 Å². The maximum absolute atomic E-state index is 5.93. The van der Waals surface area contributed by atoms with Gasteiger partial charge in [-0.3, -0.25) is 0 Å². The zero-order valence-electron chi connectivity index (χ0n) is 12.8. The van der Waals surface area contributed by atoms with Gasteiger partial charge in [0.15, 0.2) is 0 Å². The van der Waals surface area contributed by atoms with Crippen molar-refractivity contribution in [1.82, 2.24) is 10.5 Å². The van der Waals surface area contributed by atoms with Crippen LogP contribution in [0.5, 0.6) is 5.75 Å². The average Bonchev–Trinajstić information content (AvgIpc) is 2.88. The largest absolute Gasteiger partial charge is 0.487 e. The van der Waals surface area contributed by atoms with Gasteiger partial charge in [0, 0.05) is 31.8 Å². The molecule has 5 heteroatoms. The van der Waals surface area contributed by atoms with Gasteiger partial charge in [-0.25, -0.2) is 0 Å². The molecule has 0 bridgehead atoms. The van der Waals surface area contributed by atoms with Crippen molar-refractivity contribution < 1.29 is 14.0 Å². The van der Waals surface area contributed by atoms with Gasteiger partial charge < -0.3 is 19.3 Å². The first kappa shape index (κ1) is 15.5. The monoisotopic (exact) mass is 290 g/mol. The summed E-state index contributed by atoms with van der Waals surface area (Å²) in [5, 5.41) is 7.28. The Morgan fingerprint density at radius 3 is 2.86 bits per heavy atom. The second kappa shape index (κ2) is 7.81. The minimum atomic E-state index is 0.410. The van der Waals surface area contributed by atoms with Crippen LogP contribution in [0.15, 0.2) is 28.8 Å². The van der Waals surface area contributed by atoms with Crippen LogP contribution < -0.4 is 10.1 Å². The number of aryl methyl sites for hydroxylation is 2. The molecule has 0 unspecified atom stereocenters. The fourth-order valence-electron chi connectivity index (χ4n) is 2.09. The first-order valence-corrected chi connectivity index (χ1v) is 7.04. The Balaban J connectivity index is 1.99. The van der Waals surface area contributed by atoms with E-state index in [0.717, 1.165) is 41.4 Å². The van der Waals surface area contributed by atoms with Crippen LogP contribution in [0.1, 0.15) is 22.6 Å². The number of methoxy groups -OCH3 is 1. The van der Waals surface area contributed by atoms with Crippen molar-refractivity contribution in [2.75, 3.05) is 20.3 Å². The number of rotatable bonds is 8. The third-order valence-corrected chi connectivity index (χ3v) is 3.13. The fraction of sp³-hybridized carbons (Fsp3) is 0.438. The van der Waals surface area contributed by atoms with Crippen molar-refractivity contribution in [3.63, 3.8) is 0 Å². The lowest BCUT2D eigenvalue weighted by Crippen LogP contribution is -2.19. The zero-order chi connectivity index (χ0) is 15.1. The molecule has 1 aromatic heterocycles. The first-order chi connectivity index (χ1) is 10.2. The SMILES string of the molecule is COCCNCc1cccc(C)c1OCc1cc(C)on1. The molecule has 0 aliphatic heterocycles. The lowest BCUT2D eigenvalue weighted by Gasteiger charge is -2.14. The highest BCUT2D eigenvalue weighted by Crippen LogP contribution is 2.24. The summed E-state index contributed by atoms with van der Waals surface area (Å²) in [6.07, 6.45) is 0. The molecule has 1 aromatic carbocycles. The summed E-state index contributed by atoms with van der Waals surface area (Å²) in [4.78, 5) is 0. The van der Waals surface area contributed by atoms with E-state index in [4.69, 9.17) is 14.0 Å². The number of para-hydroxylation sites is 1. The minimum absolute atomic E-state index is 0.410. The van der Waals surface area contributed by atoms with E-state index in [1.165, 1.54) is 0 Å². The molecule has 0 saturated heterocycles. The normalized spacial score (nSPS) is 10.8. The van der Waals surface area contributed by atoms with E-state index in [2.05, 4.69) is 16.5 Å². The first-order valence-electron chi connectivity index (χ1n) is 7.04. The molecule has 21 heavy (non-hydrogen) atoms. The smallest absolute Gasteiger partial charge is 0.134 e. The van der Waals surface area contributed by atoms with E-state index >= 15 is 0 Å². The molecule has 0 spiro atoms. The van der Waals surface area contributed by atoms with E-state index in [1.807, 2.05) is 32.0 Å². The standard InChI is InChI=1S/C16H22N2O3/c1-12-5-4-6-14(10-17-7-8-19-3)16(12)20-11-15-9-13(2)21-18-15/h4-6,9,17H,7-8,10-11H2,1-3H3. The molecule has 0 aliphatic rings. The second-order valence-corrected chi connectivity index (χ2v) is 4.95. The van der Waals surface area contributed by atoms with Crippen LogP contribution in [0.4, 0.5) is 0 Å². The van der Waals surface area contributed by atoms with E-state index in [9.17, 15) is 0 Å². The van der Waals surface area contributed by atoms with Crippen molar-refractivity contribution in [3.05, 3.63) is 46.8 Å². The molecule has 0 saturated carbocycles. The molecule has 0 amide bonds. The number of nitrogens with zero attached hydrogens (tertiary/aromatic N) is 1. The van der Waals surface area contributed by atoms with Gasteiger partial charge in [-0.05, 0) is 19.4 Å². The highest BCUT2D eigenvalue weighted by Gasteiger charge is 2.08. The van der Waals surface area contributed by atoms with E-state index in [1.54, 1.807) is 7.11 Å². The highest BCUT2D eigenvalue weighted by molar-refractivity contribution is 5.40. The lowest BCUT2D eigenvalue weighted by molar-refractivity contribution is 0.199. The number of hydrogen-bond donors (Lipinski definition) is 1. The molecule has 0 atom stereocenters. The predicted molar refractivity (Wildman–Crippen MR) is 80.3 cm³/mol. The summed E-state index contributed by atoms with van der Waals surface area (Å²) in [7, 11) is 1.70. The van der Waals surface area contributed by atoms with Gasteiger partial charge in [0.25, 0.3) is 0 Å². The molecule has 0 aliphatic carbocycles. The van der Waals surface area contributed by atoms with Gasteiger partial charge in [-0.2, -0.15) is 0 Å². The summed E-state index contributed by atoms with van der Waals surface area (Å²) < 4.78 is 16.0. The van der Waals surface area contributed by atoms with Crippen LogP contribution >= 0.6 is 0 Å². The number of hydrogen-bond acceptors (Lipinski definition) is 5. The van der Waals surface area contributed by atoms with E-state index < -0.39 is 0 Å². The van der Waals surface area contributed by atoms with Gasteiger partial charge in [-0.15, -0.1) is 0 Å². The topological polar surface area (TPSA) is 56.5 Å². The Kier molecular flexibility index (Phi) is 5.78. The maximum Gasteiger partial charge on any atom is 0.134 e. The second-order valence-electron chi connectivity index (χ2n) is 4.95. The Hall–Kier alpha value is -1.85. The van der Waals surface area contributed by atoms with Crippen molar-refractivity contribution in [2.24, 2.45) is 0 Å². The van der Waals surface area contributed by atoms with Crippen LogP contribution in [0.2, 0.25) is 0 Å². The minimum Gasteiger partial charge on any atom is -0.487 e. The molecule has 0 fully saturated rings. The quantitative estimate of drug-likeness (QED) is 0.757. The van der Waals surface area contributed by atoms with Crippen LogP contribution in [-0.2, 0) is 17.9 Å². The van der Waals surface area contributed by atoms with Crippen molar-refractivity contribution >= 4 is 0 Å². The number of nitrogens with one attached hydrogen (secondary N) is 1. The molecule has 5 nitrogen and oxygen atoms in total. The summed E-state index contributed by atoms with van der Waals surface area (Å²) >= 11 is 0. The molecule has 2 rings (SSSR count). The lowest BCUT2D eigenvalue weighted by atomic mass is 10.1. The molecule has 1 N–H and O–H groups in total. The summed E-state index contributed by atoms with van der Waals surface area (Å²) in [6, 6.07) is 8.03. The molecule has 0 radical (unpaired) electrons. The fourth-order valence-corrected chi connectivity index (χ4v) is 2.09. The number of ether oxygens (including phenoxy) is 2. The Morgan fingerprint density at radius 1 is 1.29 bits per heavy atom. The number of benzene rings is 1. The van der Waals surface area contributed by atoms with E-state index in [0.29, 0.717) is 13.2 Å². The van der Waals surface area contributed by atoms with Gasteiger partial charge in [0.2, 0.25) is 0 Å². The third-order valence-electron chi connectivity index (χ3n) is 3.13. The van der Waals surface area contributed by atoms with Crippen molar-refractivity contribution in [2.45, 2.75) is 27.0 Å². The molecule has 1 heterocycles. The zero-order valence-corrected chi connectivity index (χ0v) is 12.8. The average molecular weight is 290 g/mol. The van der Waals surface area contributed by atoms with Gasteiger partial charge in [0.05, 0.1) is 6.61 Å². The Morgan fingerprint density at radius 2 is 2.14 bits per heavy atom. The van der Waals surface area contributed by atoms with Gasteiger partial charge >= 0.3 is 0 Å². The highest BCUT2D eigenvalue weighted by atomic mass is 16.5. The predicted octanol–water partition coefficient (Wildman–Crippen LogP) is 2.61.